The first-order valence-corrected chi connectivity index (χ1v) is 11.9. The van der Waals surface area contributed by atoms with Gasteiger partial charge in [0.05, 0.1) is 28.5 Å². The number of allylic oxidation sites excluding steroid dienone is 1. The number of carbonyl (C=O) groups excluding carboxylic acids is 1. The lowest BCUT2D eigenvalue weighted by Crippen LogP contribution is -2.39. The second kappa shape index (κ2) is 9.10. The fourth-order valence-electron chi connectivity index (χ4n) is 3.46. The lowest BCUT2D eigenvalue weighted by molar-refractivity contribution is -0.139. The summed E-state index contributed by atoms with van der Waals surface area (Å²) in [4.78, 5) is 31.4. The average Bonchev–Trinajstić information content (AvgIpc) is 3.04. The lowest BCUT2D eigenvalue weighted by atomic mass is 9.96. The van der Waals surface area contributed by atoms with E-state index < -0.39 is 12.0 Å². The second-order valence-corrected chi connectivity index (χ2v) is 9.60. The molecule has 1 aromatic heterocycles. The molecule has 2 aromatic carbocycles. The summed E-state index contributed by atoms with van der Waals surface area (Å²) in [5, 5.41) is 0.577. The fraction of sp³-hybridized carbons (Fsp3) is 0.174. The van der Waals surface area contributed by atoms with Crippen LogP contribution >= 0.6 is 45.5 Å². The number of halogens is 2. The molecule has 0 spiro atoms. The number of esters is 1. The van der Waals surface area contributed by atoms with Crippen molar-refractivity contribution >= 4 is 57.6 Å². The number of benzene rings is 2. The summed E-state index contributed by atoms with van der Waals surface area (Å²) >= 11 is 9.62. The Morgan fingerprint density at radius 3 is 2.55 bits per heavy atom. The van der Waals surface area contributed by atoms with E-state index in [-0.39, 0.29) is 12.2 Å². The molecule has 1 aliphatic heterocycles. The Morgan fingerprint density at radius 1 is 1.23 bits per heavy atom. The maximum atomic E-state index is 13.4. The first-order valence-electron chi connectivity index (χ1n) is 9.59. The van der Waals surface area contributed by atoms with Gasteiger partial charge in [-0.15, -0.1) is 0 Å². The number of ether oxygens (including phenoxy) is 1. The van der Waals surface area contributed by atoms with E-state index in [1.807, 2.05) is 42.5 Å². The summed E-state index contributed by atoms with van der Waals surface area (Å²) in [6, 6.07) is 14.4. The van der Waals surface area contributed by atoms with E-state index in [9.17, 15) is 9.59 Å². The van der Waals surface area contributed by atoms with Gasteiger partial charge in [0.25, 0.3) is 5.56 Å². The molecule has 5 nitrogen and oxygen atoms in total. The van der Waals surface area contributed by atoms with Crippen molar-refractivity contribution < 1.29 is 9.53 Å². The second-order valence-electron chi connectivity index (χ2n) is 6.91. The summed E-state index contributed by atoms with van der Waals surface area (Å²) in [7, 11) is 0. The van der Waals surface area contributed by atoms with Crippen molar-refractivity contribution in [2.24, 2.45) is 4.99 Å². The number of rotatable bonds is 4. The van der Waals surface area contributed by atoms with Crippen LogP contribution in [0.3, 0.4) is 0 Å². The third-order valence-corrected chi connectivity index (χ3v) is 6.82. The summed E-state index contributed by atoms with van der Waals surface area (Å²) in [5.41, 5.74) is 2.40. The molecule has 0 aliphatic carbocycles. The van der Waals surface area contributed by atoms with Gasteiger partial charge in [0.1, 0.15) is 0 Å². The van der Waals surface area contributed by atoms with Crippen LogP contribution in [0.15, 0.2) is 69.6 Å². The summed E-state index contributed by atoms with van der Waals surface area (Å²) in [6.07, 6.45) is 1.85. The van der Waals surface area contributed by atoms with Gasteiger partial charge >= 0.3 is 5.97 Å². The molecule has 1 atom stereocenters. The molecule has 8 heteroatoms. The number of nitrogens with zero attached hydrogens (tertiary/aromatic N) is 2. The van der Waals surface area contributed by atoms with E-state index in [4.69, 9.17) is 16.3 Å². The number of hydrogen-bond acceptors (Lipinski definition) is 5. The normalized spacial score (nSPS) is 16.1. The highest BCUT2D eigenvalue weighted by Gasteiger charge is 2.33. The predicted octanol–water partition coefficient (Wildman–Crippen LogP) is 4.06. The van der Waals surface area contributed by atoms with Crippen molar-refractivity contribution in [1.82, 2.24) is 4.57 Å². The zero-order valence-electron chi connectivity index (χ0n) is 16.8. The van der Waals surface area contributed by atoms with Gasteiger partial charge in [-0.05, 0) is 77.9 Å². The predicted molar refractivity (Wildman–Crippen MR) is 131 cm³/mol. The summed E-state index contributed by atoms with van der Waals surface area (Å²) < 4.78 is 8.54. The maximum absolute atomic E-state index is 13.4. The van der Waals surface area contributed by atoms with Crippen LogP contribution in [-0.4, -0.2) is 17.1 Å². The van der Waals surface area contributed by atoms with Gasteiger partial charge in [-0.3, -0.25) is 9.36 Å². The van der Waals surface area contributed by atoms with Gasteiger partial charge in [-0.2, -0.15) is 0 Å². The molecule has 0 unspecified atom stereocenters. The molecule has 0 bridgehead atoms. The van der Waals surface area contributed by atoms with Gasteiger partial charge in [0.2, 0.25) is 0 Å². The Balaban J connectivity index is 1.94. The number of thiazole rings is 1. The molecule has 2 heterocycles. The van der Waals surface area contributed by atoms with E-state index in [1.54, 1.807) is 30.5 Å². The third kappa shape index (κ3) is 4.40. The van der Waals surface area contributed by atoms with E-state index in [2.05, 4.69) is 27.6 Å². The van der Waals surface area contributed by atoms with Crippen molar-refractivity contribution in [3.8, 4) is 0 Å². The maximum Gasteiger partial charge on any atom is 0.338 e. The first-order chi connectivity index (χ1) is 14.9. The molecule has 158 valence electrons. The average molecular weight is 565 g/mol. The zero-order chi connectivity index (χ0) is 22.1. The largest absolute Gasteiger partial charge is 0.463 e. The molecule has 0 saturated heterocycles. The highest BCUT2D eigenvalue weighted by atomic mass is 127. The number of aromatic nitrogens is 1. The van der Waals surface area contributed by atoms with Crippen molar-refractivity contribution in [2.75, 3.05) is 6.61 Å². The Bertz CT molecular complexity index is 1360. The van der Waals surface area contributed by atoms with E-state index in [0.717, 1.165) is 14.7 Å². The highest BCUT2D eigenvalue weighted by molar-refractivity contribution is 14.1. The van der Waals surface area contributed by atoms with Crippen molar-refractivity contribution in [1.29, 1.82) is 0 Å². The molecule has 0 saturated carbocycles. The van der Waals surface area contributed by atoms with Crippen LogP contribution < -0.4 is 14.9 Å². The lowest BCUT2D eigenvalue weighted by Gasteiger charge is -2.24. The van der Waals surface area contributed by atoms with E-state index in [0.29, 0.717) is 25.6 Å². The Hall–Kier alpha value is -2.23. The van der Waals surface area contributed by atoms with Gasteiger partial charge in [-0.25, -0.2) is 9.79 Å². The van der Waals surface area contributed by atoms with E-state index >= 15 is 0 Å². The van der Waals surface area contributed by atoms with Crippen LogP contribution in [0, 0.1) is 3.57 Å². The highest BCUT2D eigenvalue weighted by Crippen LogP contribution is 2.31. The summed E-state index contributed by atoms with van der Waals surface area (Å²) in [6.45, 7) is 3.76. The van der Waals surface area contributed by atoms with Crippen LogP contribution in [0.25, 0.3) is 6.08 Å². The fourth-order valence-corrected chi connectivity index (χ4v) is 4.99. The Kier molecular flexibility index (Phi) is 6.45. The van der Waals surface area contributed by atoms with Crippen LogP contribution in [0.4, 0.5) is 0 Å². The van der Waals surface area contributed by atoms with Crippen LogP contribution in [-0.2, 0) is 9.53 Å². The standard InChI is InChI=1S/C23H18ClIN2O3S/c1-3-30-22(29)19-13(2)26-23-27(20(19)15-6-8-16(24)9-7-15)21(28)18(31-23)12-14-4-10-17(25)11-5-14/h4-12,20H,3H2,1-2H3/b18-12+/t20-/m0/s1. The Labute approximate surface area is 201 Å². The molecule has 1 aliphatic rings. The molecule has 3 aromatic rings. The molecule has 0 radical (unpaired) electrons. The number of hydrogen-bond donors (Lipinski definition) is 0. The minimum absolute atomic E-state index is 0.198. The summed E-state index contributed by atoms with van der Waals surface area (Å²) in [5.74, 6) is -0.476. The molecule has 0 N–H and O–H groups in total. The van der Waals surface area contributed by atoms with Crippen molar-refractivity contribution in [3.05, 3.63) is 99.2 Å². The number of fused-ring (bicyclic) bond motifs is 1. The first kappa shape index (κ1) is 22.0. The molecular weight excluding hydrogens is 547 g/mol. The molecule has 31 heavy (non-hydrogen) atoms. The van der Waals surface area contributed by atoms with Crippen LogP contribution in [0.2, 0.25) is 5.02 Å². The van der Waals surface area contributed by atoms with Gasteiger partial charge < -0.3 is 4.74 Å². The van der Waals surface area contributed by atoms with Crippen molar-refractivity contribution in [3.63, 3.8) is 0 Å². The SMILES string of the molecule is CCOC(=O)C1=C(C)N=c2s/c(=C/c3ccc(I)cc3)c(=O)n2[C@H]1c1ccc(Cl)cc1. The molecule has 0 amide bonds. The van der Waals surface area contributed by atoms with E-state index in [1.165, 1.54) is 11.3 Å². The van der Waals surface area contributed by atoms with Gasteiger partial charge in [0, 0.05) is 8.59 Å². The molecule has 0 fully saturated rings. The molecular formula is C23H18ClIN2O3S. The smallest absolute Gasteiger partial charge is 0.338 e. The quantitative estimate of drug-likeness (QED) is 0.355. The van der Waals surface area contributed by atoms with Crippen LogP contribution in [0.1, 0.15) is 31.0 Å². The van der Waals surface area contributed by atoms with Crippen molar-refractivity contribution in [2.45, 2.75) is 19.9 Å². The zero-order valence-corrected chi connectivity index (χ0v) is 20.5. The van der Waals surface area contributed by atoms with Gasteiger partial charge in [-0.1, -0.05) is 47.2 Å². The Morgan fingerprint density at radius 2 is 1.90 bits per heavy atom. The number of carbonyl (C=O) groups is 1. The third-order valence-electron chi connectivity index (χ3n) is 4.87. The monoisotopic (exact) mass is 564 g/mol. The minimum atomic E-state index is -0.633. The molecule has 4 rings (SSSR count). The van der Waals surface area contributed by atoms with Gasteiger partial charge in [0.15, 0.2) is 4.80 Å². The topological polar surface area (TPSA) is 60.7 Å². The van der Waals surface area contributed by atoms with Crippen LogP contribution in [0.5, 0.6) is 0 Å². The minimum Gasteiger partial charge on any atom is -0.463 e.